The molecule has 13 heavy (non-hydrogen) atoms. The number of hydrogen-bond donors (Lipinski definition) is 2. The summed E-state index contributed by atoms with van der Waals surface area (Å²) in [5, 5.41) is 7.60. The summed E-state index contributed by atoms with van der Waals surface area (Å²) in [5.74, 6) is 2.50. The summed E-state index contributed by atoms with van der Waals surface area (Å²) in [4.78, 5) is 0. The Hall–Kier alpha value is 0.0400. The predicted octanol–water partition coefficient (Wildman–Crippen LogP) is 1.51. The van der Waals surface area contributed by atoms with E-state index in [0.29, 0.717) is 12.1 Å². The van der Waals surface area contributed by atoms with E-state index in [1.165, 1.54) is 37.2 Å². The van der Waals surface area contributed by atoms with E-state index in [1.54, 1.807) is 0 Å². The molecular weight excluding hydrogens is 200 g/mol. The molecule has 74 valence electrons. The smallest absolute Gasteiger partial charge is 0.166 e. The maximum Gasteiger partial charge on any atom is 0.166 e. The average Bonchev–Trinajstić information content (AvgIpc) is 2.49. The molecule has 0 radical (unpaired) electrons. The molecule has 2 nitrogen and oxygen atoms in total. The van der Waals surface area contributed by atoms with Crippen molar-refractivity contribution in [3.05, 3.63) is 0 Å². The molecule has 2 rings (SSSR count). The van der Waals surface area contributed by atoms with Crippen molar-refractivity contribution >= 4 is 29.1 Å². The van der Waals surface area contributed by atoms with Gasteiger partial charge >= 0.3 is 0 Å². The summed E-state index contributed by atoms with van der Waals surface area (Å²) in [5.41, 5.74) is 0. The Bertz CT molecular complexity index is 186. The zero-order valence-corrected chi connectivity index (χ0v) is 9.35. The van der Waals surface area contributed by atoms with Crippen molar-refractivity contribution < 1.29 is 0 Å². The molecule has 1 unspecified atom stereocenters. The van der Waals surface area contributed by atoms with Gasteiger partial charge in [-0.3, -0.25) is 0 Å². The Morgan fingerprint density at radius 2 is 1.92 bits per heavy atom. The van der Waals surface area contributed by atoms with Gasteiger partial charge in [-0.05, 0) is 43.7 Å². The van der Waals surface area contributed by atoms with Crippen LogP contribution in [-0.4, -0.2) is 28.7 Å². The first-order valence-electron chi connectivity index (χ1n) is 4.99. The normalized spacial score (nSPS) is 28.2. The highest BCUT2D eigenvalue weighted by Crippen LogP contribution is 2.19. The number of nitrogens with one attached hydrogen (secondary N) is 2. The third-order valence-corrected chi connectivity index (χ3v) is 4.10. The number of rotatable bonds is 2. The van der Waals surface area contributed by atoms with Crippen LogP contribution in [0.15, 0.2) is 0 Å². The van der Waals surface area contributed by atoms with Crippen molar-refractivity contribution in [1.82, 2.24) is 10.6 Å². The number of thioether (sulfide) groups is 1. The van der Waals surface area contributed by atoms with Crippen LogP contribution in [0.4, 0.5) is 0 Å². The third-order valence-electron chi connectivity index (χ3n) is 2.71. The van der Waals surface area contributed by atoms with Crippen LogP contribution in [0.2, 0.25) is 0 Å². The molecule has 1 saturated heterocycles. The SMILES string of the molecule is S=C(NC1CCC1)NC1CCSC1. The minimum absolute atomic E-state index is 0.616. The second kappa shape index (κ2) is 4.51. The van der Waals surface area contributed by atoms with Crippen molar-refractivity contribution in [3.63, 3.8) is 0 Å². The Kier molecular flexibility index (Phi) is 3.33. The Morgan fingerprint density at radius 1 is 1.15 bits per heavy atom. The first-order chi connectivity index (χ1) is 6.34. The molecule has 2 fully saturated rings. The van der Waals surface area contributed by atoms with Crippen LogP contribution in [0.5, 0.6) is 0 Å². The van der Waals surface area contributed by atoms with Crippen LogP contribution in [-0.2, 0) is 0 Å². The van der Waals surface area contributed by atoms with E-state index in [-0.39, 0.29) is 0 Å². The van der Waals surface area contributed by atoms with E-state index < -0.39 is 0 Å². The van der Waals surface area contributed by atoms with Gasteiger partial charge in [-0.25, -0.2) is 0 Å². The first kappa shape index (κ1) is 9.59. The van der Waals surface area contributed by atoms with Crippen LogP contribution in [0.3, 0.4) is 0 Å². The fourth-order valence-corrected chi connectivity index (χ4v) is 3.10. The molecule has 1 saturated carbocycles. The van der Waals surface area contributed by atoms with Crippen molar-refractivity contribution in [3.8, 4) is 0 Å². The Labute approximate surface area is 89.2 Å². The fourth-order valence-electron chi connectivity index (χ4n) is 1.61. The van der Waals surface area contributed by atoms with E-state index in [0.717, 1.165) is 5.11 Å². The van der Waals surface area contributed by atoms with Gasteiger partial charge in [-0.2, -0.15) is 11.8 Å². The highest BCUT2D eigenvalue weighted by Gasteiger charge is 2.20. The largest absolute Gasteiger partial charge is 0.360 e. The van der Waals surface area contributed by atoms with Crippen LogP contribution >= 0.6 is 24.0 Å². The molecule has 1 aliphatic carbocycles. The van der Waals surface area contributed by atoms with Crippen LogP contribution in [0, 0.1) is 0 Å². The molecule has 0 spiro atoms. The molecule has 0 bridgehead atoms. The maximum absolute atomic E-state index is 5.24. The van der Waals surface area contributed by atoms with Gasteiger partial charge in [0, 0.05) is 17.8 Å². The van der Waals surface area contributed by atoms with E-state index in [1.807, 2.05) is 11.8 Å². The second-order valence-corrected chi connectivity index (χ2v) is 5.36. The lowest BCUT2D eigenvalue weighted by Crippen LogP contribution is -2.48. The van der Waals surface area contributed by atoms with Gasteiger partial charge in [-0.1, -0.05) is 0 Å². The molecule has 0 aromatic carbocycles. The maximum atomic E-state index is 5.24. The molecular formula is C9H16N2S2. The zero-order valence-electron chi connectivity index (χ0n) is 7.71. The summed E-state index contributed by atoms with van der Waals surface area (Å²) < 4.78 is 0. The van der Waals surface area contributed by atoms with Crippen LogP contribution < -0.4 is 10.6 Å². The highest BCUT2D eigenvalue weighted by molar-refractivity contribution is 7.99. The molecule has 4 heteroatoms. The van der Waals surface area contributed by atoms with Gasteiger partial charge in [0.05, 0.1) is 0 Å². The van der Waals surface area contributed by atoms with Crippen molar-refractivity contribution in [2.75, 3.05) is 11.5 Å². The summed E-state index contributed by atoms with van der Waals surface area (Å²) in [6, 6.07) is 1.28. The molecule has 0 aromatic rings. The van der Waals surface area contributed by atoms with Crippen molar-refractivity contribution in [2.45, 2.75) is 37.8 Å². The summed E-state index contributed by atoms with van der Waals surface area (Å²) in [6.07, 6.45) is 5.21. The third kappa shape index (κ3) is 2.74. The van der Waals surface area contributed by atoms with Crippen molar-refractivity contribution in [1.29, 1.82) is 0 Å². The fraction of sp³-hybridized carbons (Fsp3) is 0.889. The second-order valence-electron chi connectivity index (χ2n) is 3.81. The van der Waals surface area contributed by atoms with Gasteiger partial charge in [0.1, 0.15) is 0 Å². The summed E-state index contributed by atoms with van der Waals surface area (Å²) >= 11 is 7.25. The highest BCUT2D eigenvalue weighted by atomic mass is 32.2. The van der Waals surface area contributed by atoms with Gasteiger partial charge in [0.2, 0.25) is 0 Å². The Morgan fingerprint density at radius 3 is 2.46 bits per heavy atom. The van der Waals surface area contributed by atoms with Crippen LogP contribution in [0.25, 0.3) is 0 Å². The van der Waals surface area contributed by atoms with Crippen molar-refractivity contribution in [2.24, 2.45) is 0 Å². The average molecular weight is 216 g/mol. The summed E-state index contributed by atoms with van der Waals surface area (Å²) in [7, 11) is 0. The van der Waals surface area contributed by atoms with E-state index >= 15 is 0 Å². The van der Waals surface area contributed by atoms with E-state index in [4.69, 9.17) is 12.2 Å². The minimum atomic E-state index is 0.616. The van der Waals surface area contributed by atoms with E-state index in [2.05, 4.69) is 10.6 Å². The molecule has 2 N–H and O–H groups in total. The lowest BCUT2D eigenvalue weighted by molar-refractivity contribution is 0.381. The molecule has 0 aromatic heterocycles. The number of thiocarbonyl (C=S) groups is 1. The lowest BCUT2D eigenvalue weighted by atomic mass is 9.93. The monoisotopic (exact) mass is 216 g/mol. The Balaban J connectivity index is 1.64. The molecule has 2 aliphatic rings. The number of hydrogen-bond acceptors (Lipinski definition) is 2. The topological polar surface area (TPSA) is 24.1 Å². The lowest BCUT2D eigenvalue weighted by Gasteiger charge is -2.28. The molecule has 1 atom stereocenters. The molecule has 1 aliphatic heterocycles. The van der Waals surface area contributed by atoms with Gasteiger partial charge < -0.3 is 10.6 Å². The predicted molar refractivity (Wildman–Crippen MR) is 62.2 cm³/mol. The molecule has 1 heterocycles. The molecule has 0 amide bonds. The first-order valence-corrected chi connectivity index (χ1v) is 6.55. The van der Waals surface area contributed by atoms with Crippen LogP contribution in [0.1, 0.15) is 25.7 Å². The zero-order chi connectivity index (χ0) is 9.10. The quantitative estimate of drug-likeness (QED) is 0.683. The summed E-state index contributed by atoms with van der Waals surface area (Å²) in [6.45, 7) is 0. The van der Waals surface area contributed by atoms with Gasteiger partial charge in [0.25, 0.3) is 0 Å². The standard InChI is InChI=1S/C9H16N2S2/c12-9(10-7-2-1-3-7)11-8-4-5-13-6-8/h7-8H,1-6H2,(H2,10,11,12). The minimum Gasteiger partial charge on any atom is -0.360 e. The van der Waals surface area contributed by atoms with Gasteiger partial charge in [-0.15, -0.1) is 0 Å². The van der Waals surface area contributed by atoms with E-state index in [9.17, 15) is 0 Å². The van der Waals surface area contributed by atoms with Gasteiger partial charge in [0.15, 0.2) is 5.11 Å².